The average molecular weight is 380 g/mol. The molecule has 0 atom stereocenters. The van der Waals surface area contributed by atoms with Gasteiger partial charge in [0.2, 0.25) is 0 Å². The van der Waals surface area contributed by atoms with Gasteiger partial charge >= 0.3 is 0 Å². The van der Waals surface area contributed by atoms with Crippen molar-refractivity contribution in [3.63, 3.8) is 0 Å². The van der Waals surface area contributed by atoms with Crippen molar-refractivity contribution in [3.8, 4) is 0 Å². The van der Waals surface area contributed by atoms with Gasteiger partial charge in [-0.2, -0.15) is 0 Å². The first-order chi connectivity index (χ1) is 9.29. The summed E-state index contributed by atoms with van der Waals surface area (Å²) in [5.74, 6) is -0.460. The highest BCUT2D eigenvalue weighted by molar-refractivity contribution is 9.10. The van der Waals surface area contributed by atoms with Crippen LogP contribution in [0.25, 0.3) is 0 Å². The third-order valence-corrected chi connectivity index (χ3v) is 4.70. The minimum Gasteiger partial charge on any atom is -0.279 e. The molecule has 2 aromatic rings. The number of hydrogen-bond donors (Lipinski definition) is 1. The van der Waals surface area contributed by atoms with Crippen LogP contribution in [0.4, 0.5) is 10.1 Å². The maximum atomic E-state index is 13.3. The number of benzene rings is 1. The van der Waals surface area contributed by atoms with Crippen molar-refractivity contribution in [2.75, 3.05) is 4.72 Å². The number of rotatable bonds is 3. The Labute approximate surface area is 129 Å². The third-order valence-electron chi connectivity index (χ3n) is 2.52. The summed E-state index contributed by atoms with van der Waals surface area (Å²) in [6.07, 6.45) is 1.15. The van der Waals surface area contributed by atoms with Crippen LogP contribution in [-0.4, -0.2) is 13.4 Å². The molecule has 1 aromatic heterocycles. The number of nitrogens with one attached hydrogen (secondary N) is 1. The smallest absolute Gasteiger partial charge is 0.263 e. The Morgan fingerprint density at radius 1 is 1.35 bits per heavy atom. The largest absolute Gasteiger partial charge is 0.279 e. The Morgan fingerprint density at radius 3 is 2.65 bits per heavy atom. The molecule has 0 fully saturated rings. The Bertz CT molecular complexity index is 751. The van der Waals surface area contributed by atoms with E-state index in [2.05, 4.69) is 25.6 Å². The minimum atomic E-state index is -3.80. The van der Waals surface area contributed by atoms with Crippen LogP contribution in [0.15, 0.2) is 39.8 Å². The molecular formula is C12H9BrClFN2O2S. The molecule has 0 aliphatic heterocycles. The van der Waals surface area contributed by atoms with Crippen LogP contribution in [0.2, 0.25) is 5.15 Å². The number of pyridine rings is 1. The number of aromatic nitrogens is 1. The van der Waals surface area contributed by atoms with Crippen molar-refractivity contribution >= 4 is 43.2 Å². The molecular weight excluding hydrogens is 371 g/mol. The Hall–Kier alpha value is -1.18. The van der Waals surface area contributed by atoms with Crippen molar-refractivity contribution in [3.05, 3.63) is 51.5 Å². The van der Waals surface area contributed by atoms with E-state index in [1.807, 2.05) is 0 Å². The molecule has 20 heavy (non-hydrogen) atoms. The first-order valence-electron chi connectivity index (χ1n) is 5.39. The van der Waals surface area contributed by atoms with Gasteiger partial charge in [-0.15, -0.1) is 0 Å². The van der Waals surface area contributed by atoms with Crippen LogP contribution in [0.1, 0.15) is 5.56 Å². The molecule has 0 bridgehead atoms. The van der Waals surface area contributed by atoms with Crippen LogP contribution in [0.3, 0.4) is 0 Å². The van der Waals surface area contributed by atoms with Crippen molar-refractivity contribution in [1.82, 2.24) is 4.98 Å². The summed E-state index contributed by atoms with van der Waals surface area (Å²) in [5, 5.41) is 0.199. The number of anilines is 1. The highest BCUT2D eigenvalue weighted by Gasteiger charge is 2.16. The summed E-state index contributed by atoms with van der Waals surface area (Å²) >= 11 is 8.63. The highest BCUT2D eigenvalue weighted by atomic mass is 79.9. The summed E-state index contributed by atoms with van der Waals surface area (Å²) in [6, 6.07) is 5.32. The van der Waals surface area contributed by atoms with Gasteiger partial charge < -0.3 is 0 Å². The molecule has 4 nitrogen and oxygen atoms in total. The molecule has 1 N–H and O–H groups in total. The van der Waals surface area contributed by atoms with E-state index in [1.54, 1.807) is 6.92 Å². The fourth-order valence-electron chi connectivity index (χ4n) is 1.48. The molecule has 0 aliphatic rings. The van der Waals surface area contributed by atoms with Gasteiger partial charge in [0.25, 0.3) is 10.0 Å². The number of nitrogens with zero attached hydrogens (tertiary/aromatic N) is 1. The maximum absolute atomic E-state index is 13.3. The summed E-state index contributed by atoms with van der Waals surface area (Å²) < 4.78 is 40.2. The molecule has 0 saturated carbocycles. The van der Waals surface area contributed by atoms with Gasteiger partial charge in [0.1, 0.15) is 15.9 Å². The molecule has 0 amide bonds. The molecule has 0 saturated heterocycles. The third kappa shape index (κ3) is 3.28. The summed E-state index contributed by atoms with van der Waals surface area (Å²) in [4.78, 5) is 3.69. The molecule has 0 unspecified atom stereocenters. The van der Waals surface area contributed by atoms with Crippen molar-refractivity contribution in [2.45, 2.75) is 11.8 Å². The molecule has 0 aliphatic carbocycles. The Balaban J connectivity index is 2.38. The summed E-state index contributed by atoms with van der Waals surface area (Å²) in [7, 11) is -3.80. The molecule has 2 rings (SSSR count). The molecule has 0 spiro atoms. The summed E-state index contributed by atoms with van der Waals surface area (Å²) in [6.45, 7) is 1.60. The van der Waals surface area contributed by atoms with Gasteiger partial charge in [-0.1, -0.05) is 11.6 Å². The first-order valence-corrected chi connectivity index (χ1v) is 8.05. The normalized spacial score (nSPS) is 11.4. The second kappa shape index (κ2) is 5.67. The van der Waals surface area contributed by atoms with Gasteiger partial charge in [0.15, 0.2) is 0 Å². The van der Waals surface area contributed by atoms with E-state index in [-0.39, 0.29) is 20.2 Å². The van der Waals surface area contributed by atoms with E-state index < -0.39 is 15.8 Å². The van der Waals surface area contributed by atoms with E-state index in [1.165, 1.54) is 24.3 Å². The zero-order chi connectivity index (χ0) is 14.9. The predicted molar refractivity (Wildman–Crippen MR) is 78.9 cm³/mol. The lowest BCUT2D eigenvalue weighted by Gasteiger charge is -2.11. The molecule has 1 heterocycles. The van der Waals surface area contributed by atoms with E-state index in [0.717, 1.165) is 6.20 Å². The quantitative estimate of drug-likeness (QED) is 0.826. The van der Waals surface area contributed by atoms with Crippen LogP contribution in [-0.2, 0) is 10.0 Å². The van der Waals surface area contributed by atoms with Crippen LogP contribution >= 0.6 is 27.5 Å². The van der Waals surface area contributed by atoms with Crippen molar-refractivity contribution < 1.29 is 12.8 Å². The van der Waals surface area contributed by atoms with E-state index >= 15 is 0 Å². The van der Waals surface area contributed by atoms with Gasteiger partial charge in [0, 0.05) is 6.20 Å². The average Bonchev–Trinajstić information content (AvgIpc) is 2.36. The second-order valence-electron chi connectivity index (χ2n) is 4.00. The van der Waals surface area contributed by atoms with Gasteiger partial charge in [-0.05, 0) is 52.7 Å². The lowest BCUT2D eigenvalue weighted by Crippen LogP contribution is -2.14. The van der Waals surface area contributed by atoms with Gasteiger partial charge in [0.05, 0.1) is 10.2 Å². The predicted octanol–water partition coefficient (Wildman–Crippen LogP) is 3.75. The first kappa shape index (κ1) is 15.2. The molecule has 106 valence electrons. The number of aryl methyl sites for hydroxylation is 1. The van der Waals surface area contributed by atoms with Crippen LogP contribution in [0.5, 0.6) is 0 Å². The lowest BCUT2D eigenvalue weighted by atomic mass is 10.2. The SMILES string of the molecule is Cc1cc(F)c(Br)cc1NS(=O)(=O)c1ccc(Cl)nc1. The van der Waals surface area contributed by atoms with Crippen molar-refractivity contribution in [2.24, 2.45) is 0 Å². The number of hydrogen-bond acceptors (Lipinski definition) is 3. The fourth-order valence-corrected chi connectivity index (χ4v) is 3.00. The van der Waals surface area contributed by atoms with Crippen LogP contribution < -0.4 is 4.72 Å². The van der Waals surface area contributed by atoms with E-state index in [4.69, 9.17) is 11.6 Å². The monoisotopic (exact) mass is 378 g/mol. The Morgan fingerprint density at radius 2 is 2.05 bits per heavy atom. The standard InChI is InChI=1S/C12H9BrClFN2O2S/c1-7-4-10(15)9(13)5-11(7)17-20(18,19)8-2-3-12(14)16-6-8/h2-6,17H,1H3. The number of sulfonamides is 1. The summed E-state index contributed by atoms with van der Waals surface area (Å²) in [5.41, 5.74) is 0.754. The fraction of sp³-hybridized carbons (Fsp3) is 0.0833. The minimum absolute atomic E-state index is 0.0262. The molecule has 8 heteroatoms. The number of halogens is 3. The second-order valence-corrected chi connectivity index (χ2v) is 6.93. The maximum Gasteiger partial charge on any atom is 0.263 e. The van der Waals surface area contributed by atoms with Gasteiger partial charge in [-0.25, -0.2) is 17.8 Å². The van der Waals surface area contributed by atoms with Crippen molar-refractivity contribution in [1.29, 1.82) is 0 Å². The zero-order valence-electron chi connectivity index (χ0n) is 10.2. The Kier molecular flexibility index (Phi) is 4.31. The lowest BCUT2D eigenvalue weighted by molar-refractivity contribution is 0.600. The molecule has 0 radical (unpaired) electrons. The van der Waals surface area contributed by atoms with Gasteiger partial charge in [-0.3, -0.25) is 4.72 Å². The zero-order valence-corrected chi connectivity index (χ0v) is 13.4. The van der Waals surface area contributed by atoms with Crippen LogP contribution in [0, 0.1) is 12.7 Å². The topological polar surface area (TPSA) is 59.1 Å². The van der Waals surface area contributed by atoms with E-state index in [0.29, 0.717) is 5.56 Å². The van der Waals surface area contributed by atoms with E-state index in [9.17, 15) is 12.8 Å². The molecule has 1 aromatic carbocycles. The highest BCUT2D eigenvalue weighted by Crippen LogP contribution is 2.26.